The number of aromatic nitrogens is 2. The van der Waals surface area contributed by atoms with E-state index in [2.05, 4.69) is 0 Å². The van der Waals surface area contributed by atoms with Crippen LogP contribution >= 0.6 is 0 Å². The van der Waals surface area contributed by atoms with E-state index in [1.165, 1.54) is 32.4 Å². The molecule has 2 aromatic carbocycles. The molecule has 0 saturated heterocycles. The predicted octanol–water partition coefficient (Wildman–Crippen LogP) is 4.99. The van der Waals surface area contributed by atoms with Gasteiger partial charge in [-0.1, -0.05) is 6.42 Å². The Morgan fingerprint density at radius 3 is 2.66 bits per heavy atom. The first-order chi connectivity index (χ1) is 18.2. The number of hydrogen-bond acceptors (Lipinski definition) is 6. The molecule has 1 saturated carbocycles. The van der Waals surface area contributed by atoms with Crippen molar-refractivity contribution in [2.24, 2.45) is 5.92 Å². The fraction of sp³-hybridized carbons (Fsp3) is 0.464. The van der Waals surface area contributed by atoms with Gasteiger partial charge in [-0.2, -0.15) is 0 Å². The Labute approximate surface area is 219 Å². The van der Waals surface area contributed by atoms with Crippen molar-refractivity contribution in [1.82, 2.24) is 9.55 Å². The number of carbonyl (C=O) groups excluding carboxylic acids is 1. The fourth-order valence-electron chi connectivity index (χ4n) is 6.05. The molecule has 0 radical (unpaired) electrons. The van der Waals surface area contributed by atoms with Crippen molar-refractivity contribution in [1.29, 1.82) is 0 Å². The van der Waals surface area contributed by atoms with Crippen LogP contribution in [0, 0.1) is 11.7 Å². The van der Waals surface area contributed by atoms with Gasteiger partial charge in [0.1, 0.15) is 23.5 Å². The highest BCUT2D eigenvalue weighted by Crippen LogP contribution is 2.43. The fourth-order valence-corrected chi connectivity index (χ4v) is 6.05. The Bertz CT molecular complexity index is 1390. The summed E-state index contributed by atoms with van der Waals surface area (Å²) in [4.78, 5) is 31.0. The zero-order valence-corrected chi connectivity index (χ0v) is 21.7. The second kappa shape index (κ2) is 10.2. The number of aliphatic carboxylic acids is 1. The van der Waals surface area contributed by atoms with E-state index in [1.807, 2.05) is 23.6 Å². The summed E-state index contributed by atoms with van der Waals surface area (Å²) in [5.74, 6) is -1.26. The number of halogens is 1. The normalized spacial score (nSPS) is 22.1. The monoisotopic (exact) mass is 525 g/mol. The number of carbonyl (C=O) groups is 2. The van der Waals surface area contributed by atoms with E-state index in [1.54, 1.807) is 4.90 Å². The van der Waals surface area contributed by atoms with Gasteiger partial charge >= 0.3 is 12.1 Å². The van der Waals surface area contributed by atoms with Crippen molar-refractivity contribution in [3.63, 3.8) is 0 Å². The third kappa shape index (κ3) is 4.36. The molecule has 4 atom stereocenters. The third-order valence-corrected chi connectivity index (χ3v) is 7.94. The molecule has 202 valence electrons. The standard InChI is InChI=1S/C28H32FN3O6/c1-15-7-9-19-21(31(15)28(36)38-3)10-11-22-24(19)30-26(25(33)20-14-17(29)8-12-23(20)37-2)32(22)18-6-4-5-16(13-18)27(34)35/h8,10-12,14-16,18,25,33H,4-7,9,13H2,1-3H3,(H,34,35)/t15-,16+,18+,25+/m0/s1. The maximum Gasteiger partial charge on any atom is 0.414 e. The number of aliphatic hydroxyl groups is 1. The SMILES string of the molecule is COC(=O)N1c2ccc3c(nc([C@H](O)c4cc(F)ccc4OC)n3[C@@H]3CCC[C@@H](C(=O)O)C3)c2CC[C@@H]1C. The van der Waals surface area contributed by atoms with E-state index in [0.717, 1.165) is 23.9 Å². The van der Waals surface area contributed by atoms with Crippen LogP contribution in [-0.4, -0.2) is 52.1 Å². The van der Waals surface area contributed by atoms with Crippen molar-refractivity contribution < 1.29 is 33.7 Å². The van der Waals surface area contributed by atoms with Crippen LogP contribution in [-0.2, 0) is 16.0 Å². The molecule has 0 bridgehead atoms. The van der Waals surface area contributed by atoms with Gasteiger partial charge in [-0.05, 0) is 69.4 Å². The zero-order valence-electron chi connectivity index (χ0n) is 21.7. The molecule has 1 aliphatic heterocycles. The van der Waals surface area contributed by atoms with Gasteiger partial charge in [0.15, 0.2) is 0 Å². The topological polar surface area (TPSA) is 114 Å². The van der Waals surface area contributed by atoms with E-state index in [9.17, 15) is 24.2 Å². The number of methoxy groups -OCH3 is 2. The summed E-state index contributed by atoms with van der Waals surface area (Å²) in [6.45, 7) is 1.96. The third-order valence-electron chi connectivity index (χ3n) is 7.94. The molecule has 2 aliphatic rings. The molecular formula is C28H32FN3O6. The average molecular weight is 526 g/mol. The number of hydrogen-bond donors (Lipinski definition) is 2. The maximum absolute atomic E-state index is 14.3. The minimum Gasteiger partial charge on any atom is -0.496 e. The van der Waals surface area contributed by atoms with Crippen LogP contribution in [0.15, 0.2) is 30.3 Å². The number of imidazole rings is 1. The quantitative estimate of drug-likeness (QED) is 0.482. The van der Waals surface area contributed by atoms with Crippen LogP contribution in [0.3, 0.4) is 0 Å². The molecule has 1 fully saturated rings. The van der Waals surface area contributed by atoms with Crippen LogP contribution in [0.25, 0.3) is 11.0 Å². The van der Waals surface area contributed by atoms with Crippen LogP contribution in [0.1, 0.15) is 68.1 Å². The van der Waals surface area contributed by atoms with E-state index in [-0.39, 0.29) is 23.5 Å². The molecular weight excluding hydrogens is 493 g/mol. The molecule has 5 rings (SSSR count). The summed E-state index contributed by atoms with van der Waals surface area (Å²) >= 11 is 0. The van der Waals surface area contributed by atoms with Crippen molar-refractivity contribution in [2.75, 3.05) is 19.1 Å². The first-order valence-corrected chi connectivity index (χ1v) is 12.9. The van der Waals surface area contributed by atoms with Gasteiger partial charge < -0.3 is 24.3 Å². The Morgan fingerprint density at radius 1 is 1.16 bits per heavy atom. The lowest BCUT2D eigenvalue weighted by Gasteiger charge is -2.34. The summed E-state index contributed by atoms with van der Waals surface area (Å²) in [5, 5.41) is 21.3. The number of benzene rings is 2. The lowest BCUT2D eigenvalue weighted by atomic mass is 9.85. The van der Waals surface area contributed by atoms with E-state index >= 15 is 0 Å². The van der Waals surface area contributed by atoms with Crippen molar-refractivity contribution in [2.45, 2.75) is 63.6 Å². The van der Waals surface area contributed by atoms with E-state index in [4.69, 9.17) is 14.5 Å². The molecule has 1 amide bonds. The molecule has 38 heavy (non-hydrogen) atoms. The van der Waals surface area contributed by atoms with Crippen molar-refractivity contribution in [3.8, 4) is 5.75 Å². The number of carboxylic acids is 1. The molecule has 2 N–H and O–H groups in total. The lowest BCUT2D eigenvalue weighted by molar-refractivity contribution is -0.143. The highest BCUT2D eigenvalue weighted by molar-refractivity contribution is 5.95. The molecule has 3 aromatic rings. The van der Waals surface area contributed by atoms with Crippen molar-refractivity contribution >= 4 is 28.8 Å². The number of rotatable bonds is 5. The second-order valence-electron chi connectivity index (χ2n) is 10.1. The largest absolute Gasteiger partial charge is 0.496 e. The molecule has 2 heterocycles. The first kappa shape index (κ1) is 26.0. The van der Waals surface area contributed by atoms with Gasteiger partial charge in [-0.3, -0.25) is 9.69 Å². The van der Waals surface area contributed by atoms with Crippen molar-refractivity contribution in [3.05, 3.63) is 53.1 Å². The molecule has 1 aromatic heterocycles. The Morgan fingerprint density at radius 2 is 1.95 bits per heavy atom. The van der Waals surface area contributed by atoms with Gasteiger partial charge in [0.2, 0.25) is 0 Å². The van der Waals surface area contributed by atoms with Crippen LogP contribution < -0.4 is 9.64 Å². The summed E-state index contributed by atoms with van der Waals surface area (Å²) < 4.78 is 26.6. The van der Waals surface area contributed by atoms with Crippen LogP contribution in [0.5, 0.6) is 5.75 Å². The van der Waals surface area contributed by atoms with E-state index < -0.39 is 29.9 Å². The zero-order chi connectivity index (χ0) is 27.1. The van der Waals surface area contributed by atoms with Crippen LogP contribution in [0.2, 0.25) is 0 Å². The number of amides is 1. The predicted molar refractivity (Wildman–Crippen MR) is 138 cm³/mol. The van der Waals surface area contributed by atoms with E-state index in [0.29, 0.717) is 42.6 Å². The first-order valence-electron chi connectivity index (χ1n) is 12.9. The molecule has 0 unspecified atom stereocenters. The van der Waals surface area contributed by atoms with Gasteiger partial charge in [-0.15, -0.1) is 0 Å². The van der Waals surface area contributed by atoms with Gasteiger partial charge in [0, 0.05) is 23.2 Å². The smallest absolute Gasteiger partial charge is 0.414 e. The minimum absolute atomic E-state index is 0.0641. The highest BCUT2D eigenvalue weighted by atomic mass is 19.1. The summed E-state index contributed by atoms with van der Waals surface area (Å²) in [6, 6.07) is 7.37. The van der Waals surface area contributed by atoms with Gasteiger partial charge in [0.05, 0.1) is 36.9 Å². The Hall–Kier alpha value is -3.66. The molecule has 1 aliphatic carbocycles. The molecule has 9 nitrogen and oxygen atoms in total. The van der Waals surface area contributed by atoms with Crippen LogP contribution in [0.4, 0.5) is 14.9 Å². The second-order valence-corrected chi connectivity index (χ2v) is 10.1. The maximum atomic E-state index is 14.3. The minimum atomic E-state index is -1.33. The summed E-state index contributed by atoms with van der Waals surface area (Å²) in [5.41, 5.74) is 3.15. The lowest BCUT2D eigenvalue weighted by Crippen LogP contribution is -2.42. The van der Waals surface area contributed by atoms with Gasteiger partial charge in [-0.25, -0.2) is 14.2 Å². The number of carboxylic acid groups (broad SMARTS) is 1. The highest BCUT2D eigenvalue weighted by Gasteiger charge is 2.36. The average Bonchev–Trinajstić information content (AvgIpc) is 3.32. The molecule has 10 heteroatoms. The summed E-state index contributed by atoms with van der Waals surface area (Å²) in [6.07, 6.45) is 2.01. The number of ether oxygens (including phenoxy) is 2. The number of nitrogens with zero attached hydrogens (tertiary/aromatic N) is 3. The Balaban J connectivity index is 1.72. The van der Waals surface area contributed by atoms with Gasteiger partial charge in [0.25, 0.3) is 0 Å². The number of anilines is 1. The summed E-state index contributed by atoms with van der Waals surface area (Å²) in [7, 11) is 2.79. The number of aliphatic hydroxyl groups excluding tert-OH is 1. The number of aryl methyl sites for hydroxylation is 1. The Kier molecular flexibility index (Phi) is 7.00. The number of fused-ring (bicyclic) bond motifs is 3. The molecule has 0 spiro atoms.